The van der Waals surface area contributed by atoms with Gasteiger partial charge in [0.2, 0.25) is 5.91 Å². The van der Waals surface area contributed by atoms with Crippen molar-refractivity contribution >= 4 is 32.7 Å². The van der Waals surface area contributed by atoms with E-state index in [1.165, 1.54) is 17.7 Å². The summed E-state index contributed by atoms with van der Waals surface area (Å²) in [5.41, 5.74) is 0.327. The van der Waals surface area contributed by atoms with E-state index in [4.69, 9.17) is 4.74 Å². The smallest absolute Gasteiger partial charge is 0.270 e. The molecule has 0 aromatic carbocycles. The molecule has 0 atom stereocenters. The molecule has 9 heteroatoms. The standard InChI is InChI=1S/C16H23N5O3S/c1-2-24-9-3-6-17-14(22)11-4-7-21(8-5-11)16-20-13-12(25-16)15(23)19-10-18-13/h10-11H,2-9H2,1H3,(H,17,22)(H,18,19,23). The molecule has 1 amide bonds. The van der Waals surface area contributed by atoms with E-state index in [0.29, 0.717) is 30.1 Å². The highest BCUT2D eigenvalue weighted by molar-refractivity contribution is 7.22. The molecule has 1 fully saturated rings. The number of hydrogen-bond donors (Lipinski definition) is 2. The molecular formula is C16H23N5O3S. The molecule has 0 aliphatic carbocycles. The quantitative estimate of drug-likeness (QED) is 0.714. The number of nitrogens with zero attached hydrogens (tertiary/aromatic N) is 3. The van der Waals surface area contributed by atoms with Crippen LogP contribution in [0.25, 0.3) is 10.3 Å². The van der Waals surface area contributed by atoms with Crippen LogP contribution in [-0.4, -0.2) is 53.7 Å². The SMILES string of the molecule is CCOCCCNC(=O)C1CCN(c2nc3nc[nH]c(=O)c3s2)CC1. The Kier molecular flexibility index (Phi) is 5.98. The van der Waals surface area contributed by atoms with E-state index in [-0.39, 0.29) is 17.4 Å². The Balaban J connectivity index is 1.50. The van der Waals surface area contributed by atoms with Crippen LogP contribution >= 0.6 is 11.3 Å². The minimum absolute atomic E-state index is 0.0410. The van der Waals surface area contributed by atoms with Gasteiger partial charge in [0, 0.05) is 38.8 Å². The summed E-state index contributed by atoms with van der Waals surface area (Å²) in [6.45, 7) is 5.53. The van der Waals surface area contributed by atoms with E-state index in [9.17, 15) is 9.59 Å². The molecule has 0 spiro atoms. The van der Waals surface area contributed by atoms with Crippen LogP contribution in [0.15, 0.2) is 11.1 Å². The zero-order chi connectivity index (χ0) is 17.6. The largest absolute Gasteiger partial charge is 0.382 e. The number of H-pyrrole nitrogens is 1. The van der Waals surface area contributed by atoms with Gasteiger partial charge in [-0.25, -0.2) is 4.98 Å². The number of nitrogens with one attached hydrogen (secondary N) is 2. The maximum atomic E-state index is 12.2. The number of aromatic amines is 1. The van der Waals surface area contributed by atoms with Crippen molar-refractivity contribution in [3.05, 3.63) is 16.7 Å². The molecule has 3 rings (SSSR count). The van der Waals surface area contributed by atoms with Gasteiger partial charge in [0.05, 0.1) is 6.33 Å². The zero-order valence-electron chi connectivity index (χ0n) is 14.3. The summed E-state index contributed by atoms with van der Waals surface area (Å²) in [5.74, 6) is 0.165. The molecule has 0 unspecified atom stereocenters. The van der Waals surface area contributed by atoms with Gasteiger partial charge in [-0.1, -0.05) is 11.3 Å². The molecule has 3 heterocycles. The van der Waals surface area contributed by atoms with E-state index in [1.54, 1.807) is 0 Å². The number of amides is 1. The molecule has 2 aromatic heterocycles. The van der Waals surface area contributed by atoms with Crippen LogP contribution in [0.4, 0.5) is 5.13 Å². The summed E-state index contributed by atoms with van der Waals surface area (Å²) in [7, 11) is 0. The lowest BCUT2D eigenvalue weighted by Crippen LogP contribution is -2.40. The van der Waals surface area contributed by atoms with Crippen LogP contribution in [0.5, 0.6) is 0 Å². The Hall–Kier alpha value is -2.00. The van der Waals surface area contributed by atoms with Gasteiger partial charge in [-0.2, -0.15) is 4.98 Å². The Labute approximate surface area is 149 Å². The first-order valence-electron chi connectivity index (χ1n) is 8.63. The molecule has 1 aliphatic rings. The fourth-order valence-electron chi connectivity index (χ4n) is 2.90. The third-order valence-corrected chi connectivity index (χ3v) is 5.40. The van der Waals surface area contributed by atoms with Crippen molar-refractivity contribution in [3.63, 3.8) is 0 Å². The van der Waals surface area contributed by atoms with E-state index in [1.807, 2.05) is 6.92 Å². The molecule has 2 N–H and O–H groups in total. The number of piperidine rings is 1. The van der Waals surface area contributed by atoms with Crippen molar-refractivity contribution in [3.8, 4) is 0 Å². The van der Waals surface area contributed by atoms with Gasteiger partial charge in [0.25, 0.3) is 5.56 Å². The topological polar surface area (TPSA) is 100 Å². The van der Waals surface area contributed by atoms with Gasteiger partial charge >= 0.3 is 0 Å². The summed E-state index contributed by atoms with van der Waals surface area (Å²) < 4.78 is 5.81. The second kappa shape index (κ2) is 8.39. The molecule has 2 aromatic rings. The number of ether oxygens (including phenoxy) is 1. The van der Waals surface area contributed by atoms with Crippen LogP contribution in [0.1, 0.15) is 26.2 Å². The molecule has 136 valence electrons. The Morgan fingerprint density at radius 3 is 3.00 bits per heavy atom. The van der Waals surface area contributed by atoms with Crippen molar-refractivity contribution in [2.45, 2.75) is 26.2 Å². The minimum atomic E-state index is -0.157. The third kappa shape index (κ3) is 4.35. The van der Waals surface area contributed by atoms with Gasteiger partial charge in [-0.3, -0.25) is 9.59 Å². The highest BCUT2D eigenvalue weighted by Gasteiger charge is 2.26. The number of fused-ring (bicyclic) bond motifs is 1. The molecule has 1 saturated heterocycles. The fourth-order valence-corrected chi connectivity index (χ4v) is 3.86. The summed E-state index contributed by atoms with van der Waals surface area (Å²) in [6.07, 6.45) is 3.79. The van der Waals surface area contributed by atoms with Crippen molar-refractivity contribution in [2.75, 3.05) is 37.7 Å². The minimum Gasteiger partial charge on any atom is -0.382 e. The lowest BCUT2D eigenvalue weighted by Gasteiger charge is -2.30. The first-order chi connectivity index (χ1) is 12.2. The molecule has 25 heavy (non-hydrogen) atoms. The Morgan fingerprint density at radius 1 is 1.48 bits per heavy atom. The number of rotatable bonds is 7. The first kappa shape index (κ1) is 17.8. The normalized spacial score (nSPS) is 15.6. The van der Waals surface area contributed by atoms with Gasteiger partial charge in [-0.05, 0) is 26.2 Å². The lowest BCUT2D eigenvalue weighted by molar-refractivity contribution is -0.125. The van der Waals surface area contributed by atoms with Gasteiger partial charge < -0.3 is 19.9 Å². The van der Waals surface area contributed by atoms with Crippen LogP contribution in [0.2, 0.25) is 0 Å². The van der Waals surface area contributed by atoms with Crippen molar-refractivity contribution in [1.29, 1.82) is 0 Å². The van der Waals surface area contributed by atoms with E-state index in [2.05, 4.69) is 25.2 Å². The van der Waals surface area contributed by atoms with E-state index >= 15 is 0 Å². The Morgan fingerprint density at radius 2 is 2.28 bits per heavy atom. The molecule has 0 bridgehead atoms. The molecule has 0 saturated carbocycles. The molecular weight excluding hydrogens is 342 g/mol. The van der Waals surface area contributed by atoms with Crippen molar-refractivity contribution in [2.24, 2.45) is 5.92 Å². The summed E-state index contributed by atoms with van der Waals surface area (Å²) >= 11 is 1.36. The number of hydrogen-bond acceptors (Lipinski definition) is 7. The predicted molar refractivity (Wildman–Crippen MR) is 97.1 cm³/mol. The monoisotopic (exact) mass is 365 g/mol. The number of carbonyl (C=O) groups is 1. The predicted octanol–water partition coefficient (Wildman–Crippen LogP) is 1.14. The maximum Gasteiger partial charge on any atom is 0.270 e. The molecule has 1 aliphatic heterocycles. The fraction of sp³-hybridized carbons (Fsp3) is 0.625. The second-order valence-electron chi connectivity index (χ2n) is 5.98. The Bertz CT molecular complexity index is 766. The average molecular weight is 365 g/mol. The van der Waals surface area contributed by atoms with Crippen LogP contribution < -0.4 is 15.8 Å². The molecule has 0 radical (unpaired) electrons. The van der Waals surface area contributed by atoms with Crippen LogP contribution in [0, 0.1) is 5.92 Å². The highest BCUT2D eigenvalue weighted by atomic mass is 32.1. The average Bonchev–Trinajstić information content (AvgIpc) is 3.07. The maximum absolute atomic E-state index is 12.2. The van der Waals surface area contributed by atoms with Gasteiger partial charge in [0.1, 0.15) is 4.70 Å². The van der Waals surface area contributed by atoms with Crippen LogP contribution in [0.3, 0.4) is 0 Å². The van der Waals surface area contributed by atoms with Gasteiger partial charge in [-0.15, -0.1) is 0 Å². The number of anilines is 1. The first-order valence-corrected chi connectivity index (χ1v) is 9.45. The van der Waals surface area contributed by atoms with Crippen molar-refractivity contribution < 1.29 is 9.53 Å². The summed E-state index contributed by atoms with van der Waals surface area (Å²) in [6, 6.07) is 0. The lowest BCUT2D eigenvalue weighted by atomic mass is 9.96. The second-order valence-corrected chi connectivity index (χ2v) is 6.96. The van der Waals surface area contributed by atoms with Crippen molar-refractivity contribution in [1.82, 2.24) is 20.3 Å². The third-order valence-electron chi connectivity index (χ3n) is 4.29. The summed E-state index contributed by atoms with van der Waals surface area (Å²) in [5, 5.41) is 3.79. The molecule has 8 nitrogen and oxygen atoms in total. The van der Waals surface area contributed by atoms with E-state index < -0.39 is 0 Å². The zero-order valence-corrected chi connectivity index (χ0v) is 15.1. The van der Waals surface area contributed by atoms with E-state index in [0.717, 1.165) is 37.5 Å². The summed E-state index contributed by atoms with van der Waals surface area (Å²) in [4.78, 5) is 37.2. The number of thiazole rings is 1. The van der Waals surface area contributed by atoms with Crippen LogP contribution in [-0.2, 0) is 9.53 Å². The highest BCUT2D eigenvalue weighted by Crippen LogP contribution is 2.29. The number of aromatic nitrogens is 3. The number of carbonyl (C=O) groups excluding carboxylic acids is 1. The van der Waals surface area contributed by atoms with Gasteiger partial charge in [0.15, 0.2) is 10.8 Å².